The molecule has 0 aliphatic heterocycles. The number of rotatable bonds is 5. The molecule has 1 aromatic rings. The highest BCUT2D eigenvalue weighted by Crippen LogP contribution is 2.30. The van der Waals surface area contributed by atoms with Crippen LogP contribution in [0.15, 0.2) is 30.3 Å². The minimum Gasteiger partial charge on any atom is -0.307 e. The van der Waals surface area contributed by atoms with E-state index in [1.54, 1.807) is 0 Å². The van der Waals surface area contributed by atoms with Crippen LogP contribution in [0.1, 0.15) is 70.9 Å². The van der Waals surface area contributed by atoms with Gasteiger partial charge in [-0.15, -0.1) is 0 Å². The molecule has 112 valence electrons. The second kappa shape index (κ2) is 7.83. The quantitative estimate of drug-likeness (QED) is 0.715. The molecule has 0 amide bonds. The molecule has 2 rings (SSSR count). The molecule has 0 saturated heterocycles. The summed E-state index contributed by atoms with van der Waals surface area (Å²) >= 11 is 0. The average molecular weight is 273 g/mol. The Bertz CT molecular complexity index is 371. The minimum absolute atomic E-state index is 0.525. The van der Waals surface area contributed by atoms with Gasteiger partial charge in [0, 0.05) is 12.1 Å². The van der Waals surface area contributed by atoms with Crippen LogP contribution < -0.4 is 5.32 Å². The zero-order valence-corrected chi connectivity index (χ0v) is 13.4. The summed E-state index contributed by atoms with van der Waals surface area (Å²) in [6.45, 7) is 7.06. The van der Waals surface area contributed by atoms with Gasteiger partial charge in [0.1, 0.15) is 0 Å². The summed E-state index contributed by atoms with van der Waals surface area (Å²) in [6.07, 6.45) is 8.11. The van der Waals surface area contributed by atoms with E-state index in [2.05, 4.69) is 56.4 Å². The fourth-order valence-corrected chi connectivity index (χ4v) is 3.58. The Morgan fingerprint density at radius 2 is 1.80 bits per heavy atom. The van der Waals surface area contributed by atoms with E-state index in [4.69, 9.17) is 0 Å². The lowest BCUT2D eigenvalue weighted by Gasteiger charge is -2.25. The van der Waals surface area contributed by atoms with Crippen LogP contribution in [0.5, 0.6) is 0 Å². The van der Waals surface area contributed by atoms with Crippen molar-refractivity contribution in [3.63, 3.8) is 0 Å². The highest BCUT2D eigenvalue weighted by molar-refractivity contribution is 5.18. The molecule has 0 bridgehead atoms. The second-order valence-electron chi connectivity index (χ2n) is 6.75. The van der Waals surface area contributed by atoms with Gasteiger partial charge in [0.25, 0.3) is 0 Å². The third kappa shape index (κ3) is 4.34. The van der Waals surface area contributed by atoms with Crippen LogP contribution in [0.2, 0.25) is 0 Å². The van der Waals surface area contributed by atoms with Crippen LogP contribution in [0.4, 0.5) is 0 Å². The number of hydrogen-bond acceptors (Lipinski definition) is 1. The number of nitrogens with one attached hydrogen (secondary N) is 1. The molecule has 1 saturated carbocycles. The Hall–Kier alpha value is -0.820. The lowest BCUT2D eigenvalue weighted by atomic mass is 9.89. The smallest absolute Gasteiger partial charge is 0.0320 e. The molecular formula is C19H31N. The van der Waals surface area contributed by atoms with E-state index in [1.807, 2.05) is 0 Å². The van der Waals surface area contributed by atoms with Crippen molar-refractivity contribution in [2.24, 2.45) is 11.8 Å². The molecule has 1 heteroatoms. The molecule has 0 radical (unpaired) electrons. The van der Waals surface area contributed by atoms with Gasteiger partial charge in [-0.25, -0.2) is 0 Å². The zero-order valence-electron chi connectivity index (χ0n) is 13.4. The van der Waals surface area contributed by atoms with Crippen molar-refractivity contribution in [3.8, 4) is 0 Å². The number of benzene rings is 1. The van der Waals surface area contributed by atoms with E-state index in [0.29, 0.717) is 12.1 Å². The van der Waals surface area contributed by atoms with Crippen molar-refractivity contribution in [1.82, 2.24) is 5.32 Å². The van der Waals surface area contributed by atoms with Crippen LogP contribution in [0.3, 0.4) is 0 Å². The third-order valence-electron chi connectivity index (χ3n) is 5.00. The predicted octanol–water partition coefficient (Wildman–Crippen LogP) is 5.33. The molecule has 20 heavy (non-hydrogen) atoms. The lowest BCUT2D eigenvalue weighted by Crippen LogP contribution is -2.32. The Labute approximate surface area is 125 Å². The first-order chi connectivity index (χ1) is 9.70. The highest BCUT2D eigenvalue weighted by Gasteiger charge is 2.22. The molecule has 3 unspecified atom stereocenters. The fourth-order valence-electron chi connectivity index (χ4n) is 3.58. The molecule has 1 aromatic carbocycles. The second-order valence-corrected chi connectivity index (χ2v) is 6.75. The van der Waals surface area contributed by atoms with Crippen molar-refractivity contribution in [1.29, 1.82) is 0 Å². The monoisotopic (exact) mass is 273 g/mol. The summed E-state index contributed by atoms with van der Waals surface area (Å²) in [5, 5.41) is 3.92. The summed E-state index contributed by atoms with van der Waals surface area (Å²) in [5.41, 5.74) is 1.44. The van der Waals surface area contributed by atoms with Gasteiger partial charge in [-0.05, 0) is 43.1 Å². The summed E-state index contributed by atoms with van der Waals surface area (Å²) < 4.78 is 0. The van der Waals surface area contributed by atoms with Crippen LogP contribution in [-0.2, 0) is 0 Å². The van der Waals surface area contributed by atoms with Crippen molar-refractivity contribution < 1.29 is 0 Å². The van der Waals surface area contributed by atoms with E-state index in [1.165, 1.54) is 44.1 Å². The Balaban J connectivity index is 1.91. The van der Waals surface area contributed by atoms with Gasteiger partial charge in [0.15, 0.2) is 0 Å². The van der Waals surface area contributed by atoms with Crippen LogP contribution in [0.25, 0.3) is 0 Å². The van der Waals surface area contributed by atoms with E-state index >= 15 is 0 Å². The van der Waals surface area contributed by atoms with Gasteiger partial charge in [0.05, 0.1) is 0 Å². The molecule has 1 N–H and O–H groups in total. The Kier molecular flexibility index (Phi) is 6.09. The average Bonchev–Trinajstić information content (AvgIpc) is 2.71. The normalized spacial score (nSPS) is 25.4. The maximum atomic E-state index is 3.92. The van der Waals surface area contributed by atoms with E-state index < -0.39 is 0 Å². The molecule has 0 heterocycles. The van der Waals surface area contributed by atoms with Crippen molar-refractivity contribution in [2.45, 2.75) is 71.4 Å². The molecule has 3 atom stereocenters. The molecule has 1 aliphatic carbocycles. The SMILES string of the molecule is CCC(NC1CCCC(C(C)C)CC1)c1ccccc1. The molecule has 1 nitrogen and oxygen atoms in total. The first kappa shape index (κ1) is 15.6. The Morgan fingerprint density at radius 1 is 1.05 bits per heavy atom. The van der Waals surface area contributed by atoms with Gasteiger partial charge in [0.2, 0.25) is 0 Å². The van der Waals surface area contributed by atoms with Gasteiger partial charge in [-0.1, -0.05) is 63.9 Å². The topological polar surface area (TPSA) is 12.0 Å². The maximum Gasteiger partial charge on any atom is 0.0320 e. The molecular weight excluding hydrogens is 242 g/mol. The van der Waals surface area contributed by atoms with Gasteiger partial charge in [-0.3, -0.25) is 0 Å². The van der Waals surface area contributed by atoms with Gasteiger partial charge < -0.3 is 5.32 Å². The summed E-state index contributed by atoms with van der Waals surface area (Å²) in [5.74, 6) is 1.79. The van der Waals surface area contributed by atoms with Crippen LogP contribution in [0, 0.1) is 11.8 Å². The minimum atomic E-state index is 0.525. The lowest BCUT2D eigenvalue weighted by molar-refractivity contribution is 0.333. The standard InChI is InChI=1S/C19H31N/c1-4-19(17-9-6-5-7-10-17)20-18-12-8-11-16(13-14-18)15(2)3/h5-7,9-10,15-16,18-20H,4,8,11-14H2,1-3H3. The van der Waals surface area contributed by atoms with E-state index in [-0.39, 0.29) is 0 Å². The fraction of sp³-hybridized carbons (Fsp3) is 0.684. The predicted molar refractivity (Wildman–Crippen MR) is 87.8 cm³/mol. The van der Waals surface area contributed by atoms with E-state index in [9.17, 15) is 0 Å². The van der Waals surface area contributed by atoms with Crippen molar-refractivity contribution >= 4 is 0 Å². The molecule has 1 fully saturated rings. The largest absolute Gasteiger partial charge is 0.307 e. The van der Waals surface area contributed by atoms with Crippen LogP contribution >= 0.6 is 0 Å². The van der Waals surface area contributed by atoms with Crippen molar-refractivity contribution in [3.05, 3.63) is 35.9 Å². The summed E-state index contributed by atoms with van der Waals surface area (Å²) in [4.78, 5) is 0. The van der Waals surface area contributed by atoms with Gasteiger partial charge >= 0.3 is 0 Å². The molecule has 1 aliphatic rings. The van der Waals surface area contributed by atoms with E-state index in [0.717, 1.165) is 11.8 Å². The summed E-state index contributed by atoms with van der Waals surface area (Å²) in [6, 6.07) is 12.2. The van der Waals surface area contributed by atoms with Crippen LogP contribution in [-0.4, -0.2) is 6.04 Å². The molecule has 0 aromatic heterocycles. The first-order valence-electron chi connectivity index (χ1n) is 8.51. The first-order valence-corrected chi connectivity index (χ1v) is 8.51. The third-order valence-corrected chi connectivity index (χ3v) is 5.00. The zero-order chi connectivity index (χ0) is 14.4. The van der Waals surface area contributed by atoms with Crippen molar-refractivity contribution in [2.75, 3.05) is 0 Å². The highest BCUT2D eigenvalue weighted by atomic mass is 14.9. The Morgan fingerprint density at radius 3 is 2.45 bits per heavy atom. The summed E-state index contributed by atoms with van der Waals surface area (Å²) in [7, 11) is 0. The van der Waals surface area contributed by atoms with Gasteiger partial charge in [-0.2, -0.15) is 0 Å². The maximum absolute atomic E-state index is 3.92. The molecule has 0 spiro atoms. The number of hydrogen-bond donors (Lipinski definition) is 1.